The van der Waals surface area contributed by atoms with Gasteiger partial charge < -0.3 is 33.5 Å². The molecule has 3 aromatic rings. The number of aromatic nitrogens is 1. The summed E-state index contributed by atoms with van der Waals surface area (Å²) in [6, 6.07) is 9.99. The van der Waals surface area contributed by atoms with E-state index in [1.807, 2.05) is 0 Å². The quantitative estimate of drug-likeness (QED) is 0.596. The van der Waals surface area contributed by atoms with Gasteiger partial charge in [0.25, 0.3) is 5.91 Å². The topological polar surface area (TPSA) is 101 Å². The molecule has 3 rings (SSSR count). The summed E-state index contributed by atoms with van der Waals surface area (Å²) in [6.07, 6.45) is 0. The smallest absolute Gasteiger partial charge is 0.277 e. The van der Waals surface area contributed by atoms with Gasteiger partial charge in [-0.15, -0.1) is 0 Å². The number of ether oxygens (including phenoxy) is 5. The van der Waals surface area contributed by atoms with Crippen LogP contribution >= 0.6 is 0 Å². The van der Waals surface area contributed by atoms with E-state index in [0.29, 0.717) is 45.8 Å². The molecule has 0 unspecified atom stereocenters. The molecule has 0 radical (unpaired) electrons. The molecular weight excluding hydrogens is 392 g/mol. The number of nitrogens with zero attached hydrogens (tertiary/aromatic N) is 1. The Bertz CT molecular complexity index is 1020. The normalized spacial score (nSPS) is 10.3. The third-order valence-electron chi connectivity index (χ3n) is 4.34. The fraction of sp³-hybridized carbons (Fsp3) is 0.238. The minimum Gasteiger partial charge on any atom is -0.497 e. The van der Waals surface area contributed by atoms with E-state index in [-0.39, 0.29) is 5.69 Å². The number of benzene rings is 2. The Balaban J connectivity index is 1.88. The van der Waals surface area contributed by atoms with Gasteiger partial charge in [0.05, 0.1) is 41.1 Å². The maximum Gasteiger partial charge on any atom is 0.277 e. The number of methoxy groups -OCH3 is 5. The second-order valence-electron chi connectivity index (χ2n) is 6.01. The van der Waals surface area contributed by atoms with E-state index in [1.54, 1.807) is 44.6 Å². The summed E-state index contributed by atoms with van der Waals surface area (Å²) in [5.74, 6) is 2.31. The zero-order valence-electron chi connectivity index (χ0n) is 17.3. The summed E-state index contributed by atoms with van der Waals surface area (Å²) in [4.78, 5) is 12.7. The van der Waals surface area contributed by atoms with Crippen LogP contribution in [0.1, 0.15) is 10.5 Å². The van der Waals surface area contributed by atoms with Gasteiger partial charge in [-0.2, -0.15) is 0 Å². The highest BCUT2D eigenvalue weighted by Crippen LogP contribution is 2.40. The highest BCUT2D eigenvalue weighted by Gasteiger charge is 2.19. The van der Waals surface area contributed by atoms with Crippen molar-refractivity contribution in [1.82, 2.24) is 5.16 Å². The van der Waals surface area contributed by atoms with Crippen LogP contribution in [0.2, 0.25) is 0 Å². The summed E-state index contributed by atoms with van der Waals surface area (Å²) in [5.41, 5.74) is 1.14. The standard InChI is InChI=1S/C21H22N2O7/c1-25-13-6-7-16(26-2)14(10-13)17-11-15(23-30-17)21(24)22-12-8-18(27-3)20(29-5)19(9-12)28-4/h6-11H,1-5H3,(H,22,24). The number of hydrogen-bond acceptors (Lipinski definition) is 8. The van der Waals surface area contributed by atoms with Crippen LogP contribution in [-0.2, 0) is 0 Å². The molecule has 0 aliphatic heterocycles. The van der Waals surface area contributed by atoms with Crippen LogP contribution in [0.15, 0.2) is 40.9 Å². The third-order valence-corrected chi connectivity index (χ3v) is 4.34. The molecule has 0 fully saturated rings. The van der Waals surface area contributed by atoms with Gasteiger partial charge in [0, 0.05) is 23.9 Å². The number of hydrogen-bond donors (Lipinski definition) is 1. The van der Waals surface area contributed by atoms with E-state index < -0.39 is 5.91 Å². The van der Waals surface area contributed by atoms with Gasteiger partial charge in [-0.05, 0) is 18.2 Å². The molecule has 0 bridgehead atoms. The van der Waals surface area contributed by atoms with E-state index in [1.165, 1.54) is 27.4 Å². The van der Waals surface area contributed by atoms with Gasteiger partial charge >= 0.3 is 0 Å². The Morgan fingerprint density at radius 3 is 2.07 bits per heavy atom. The fourth-order valence-corrected chi connectivity index (χ4v) is 2.86. The van der Waals surface area contributed by atoms with E-state index in [2.05, 4.69) is 10.5 Å². The number of carbonyl (C=O) groups excluding carboxylic acids is 1. The predicted octanol–water partition coefficient (Wildman–Crippen LogP) is 3.64. The highest BCUT2D eigenvalue weighted by molar-refractivity contribution is 6.03. The molecule has 30 heavy (non-hydrogen) atoms. The molecule has 1 N–H and O–H groups in total. The van der Waals surface area contributed by atoms with Crippen LogP contribution < -0.4 is 29.0 Å². The lowest BCUT2D eigenvalue weighted by Crippen LogP contribution is -2.12. The maximum absolute atomic E-state index is 12.7. The van der Waals surface area contributed by atoms with E-state index in [4.69, 9.17) is 28.2 Å². The molecule has 0 aliphatic carbocycles. The largest absolute Gasteiger partial charge is 0.497 e. The molecule has 1 amide bonds. The van der Waals surface area contributed by atoms with E-state index in [0.717, 1.165) is 0 Å². The first-order valence-corrected chi connectivity index (χ1v) is 8.85. The van der Waals surface area contributed by atoms with E-state index >= 15 is 0 Å². The second-order valence-corrected chi connectivity index (χ2v) is 6.01. The number of anilines is 1. The lowest BCUT2D eigenvalue weighted by atomic mass is 10.1. The summed E-state index contributed by atoms with van der Waals surface area (Å²) in [7, 11) is 7.59. The van der Waals surface area contributed by atoms with Crippen LogP contribution in [0, 0.1) is 0 Å². The molecule has 0 saturated carbocycles. The lowest BCUT2D eigenvalue weighted by molar-refractivity contribution is 0.101. The van der Waals surface area contributed by atoms with Crippen molar-refractivity contribution in [2.24, 2.45) is 0 Å². The summed E-state index contributed by atoms with van der Waals surface area (Å²) in [5, 5.41) is 6.61. The molecule has 0 spiro atoms. The summed E-state index contributed by atoms with van der Waals surface area (Å²) in [6.45, 7) is 0. The van der Waals surface area contributed by atoms with Crippen LogP contribution in [-0.4, -0.2) is 46.6 Å². The van der Waals surface area contributed by atoms with E-state index in [9.17, 15) is 4.79 Å². The Kier molecular flexibility index (Phi) is 6.31. The van der Waals surface area contributed by atoms with Gasteiger partial charge in [-0.25, -0.2) is 0 Å². The lowest BCUT2D eigenvalue weighted by Gasteiger charge is -2.14. The first-order chi connectivity index (χ1) is 14.5. The number of nitrogens with one attached hydrogen (secondary N) is 1. The Labute approximate surface area is 173 Å². The Morgan fingerprint density at radius 2 is 1.50 bits per heavy atom. The number of amides is 1. The third kappa shape index (κ3) is 4.09. The van der Waals surface area contributed by atoms with Crippen molar-refractivity contribution in [3.63, 3.8) is 0 Å². The van der Waals surface area contributed by atoms with Gasteiger partial charge in [0.15, 0.2) is 23.0 Å². The average molecular weight is 414 g/mol. The van der Waals surface area contributed by atoms with Crippen molar-refractivity contribution < 1.29 is 33.0 Å². The second kappa shape index (κ2) is 9.08. The molecule has 158 valence electrons. The van der Waals surface area contributed by atoms with Gasteiger partial charge in [-0.3, -0.25) is 4.79 Å². The molecule has 0 atom stereocenters. The monoisotopic (exact) mass is 414 g/mol. The van der Waals surface area contributed by atoms with Crippen molar-refractivity contribution in [1.29, 1.82) is 0 Å². The van der Waals surface area contributed by atoms with Crippen molar-refractivity contribution in [3.8, 4) is 40.1 Å². The van der Waals surface area contributed by atoms with Gasteiger partial charge in [-0.1, -0.05) is 5.16 Å². The maximum atomic E-state index is 12.7. The molecule has 2 aromatic carbocycles. The van der Waals surface area contributed by atoms with Gasteiger partial charge in [0.1, 0.15) is 11.5 Å². The molecule has 9 heteroatoms. The summed E-state index contributed by atoms with van der Waals surface area (Å²) >= 11 is 0. The zero-order valence-corrected chi connectivity index (χ0v) is 17.3. The van der Waals surface area contributed by atoms with Crippen LogP contribution in [0.3, 0.4) is 0 Å². The highest BCUT2D eigenvalue weighted by atomic mass is 16.5. The molecule has 9 nitrogen and oxygen atoms in total. The van der Waals surface area contributed by atoms with Crippen LogP contribution in [0.5, 0.6) is 28.7 Å². The van der Waals surface area contributed by atoms with Crippen molar-refractivity contribution in [3.05, 3.63) is 42.1 Å². The predicted molar refractivity (Wildman–Crippen MR) is 109 cm³/mol. The van der Waals surface area contributed by atoms with Gasteiger partial charge in [0.2, 0.25) is 5.75 Å². The molecule has 0 saturated heterocycles. The Morgan fingerprint density at radius 1 is 0.833 bits per heavy atom. The molecule has 1 heterocycles. The minimum atomic E-state index is -0.471. The molecular formula is C21H22N2O7. The summed E-state index contributed by atoms with van der Waals surface area (Å²) < 4.78 is 31.8. The first kappa shape index (κ1) is 20.8. The zero-order chi connectivity index (χ0) is 21.7. The molecule has 0 aliphatic rings. The Hall–Kier alpha value is -3.88. The number of carbonyl (C=O) groups is 1. The fourth-order valence-electron chi connectivity index (χ4n) is 2.86. The SMILES string of the molecule is COc1ccc(OC)c(-c2cc(C(=O)Nc3cc(OC)c(OC)c(OC)c3)no2)c1. The van der Waals surface area contributed by atoms with Crippen molar-refractivity contribution >= 4 is 11.6 Å². The average Bonchev–Trinajstić information content (AvgIpc) is 3.28. The van der Waals surface area contributed by atoms with Crippen molar-refractivity contribution in [2.45, 2.75) is 0 Å². The van der Waals surface area contributed by atoms with Crippen LogP contribution in [0.25, 0.3) is 11.3 Å². The molecule has 1 aromatic heterocycles. The minimum absolute atomic E-state index is 0.0867. The number of rotatable bonds is 8. The van der Waals surface area contributed by atoms with Crippen molar-refractivity contribution in [2.75, 3.05) is 40.9 Å². The first-order valence-electron chi connectivity index (χ1n) is 8.85. The van der Waals surface area contributed by atoms with Crippen LogP contribution in [0.4, 0.5) is 5.69 Å².